The van der Waals surface area contributed by atoms with Gasteiger partial charge in [0, 0.05) is 31.5 Å². The van der Waals surface area contributed by atoms with Gasteiger partial charge in [0.1, 0.15) is 5.78 Å². The van der Waals surface area contributed by atoms with Crippen molar-refractivity contribution in [3.05, 3.63) is 0 Å². The Hall–Kier alpha value is -0.370. The monoisotopic (exact) mass is 293 g/mol. The Morgan fingerprint density at radius 1 is 1.10 bits per heavy atom. The first kappa shape index (κ1) is 17.0. The fourth-order valence-electron chi connectivity index (χ4n) is 4.32. The second-order valence-corrected chi connectivity index (χ2v) is 8.23. The van der Waals surface area contributed by atoms with E-state index in [2.05, 4.69) is 32.6 Å². The first-order valence-corrected chi connectivity index (χ1v) is 9.24. The van der Waals surface area contributed by atoms with Crippen LogP contribution in [0.2, 0.25) is 0 Å². The number of hydrogen-bond donors (Lipinski definition) is 0. The topological polar surface area (TPSA) is 20.3 Å². The second-order valence-electron chi connectivity index (χ2n) is 8.23. The molecular weight excluding hydrogens is 258 g/mol. The minimum absolute atomic E-state index is 0.311. The molecule has 2 heteroatoms. The summed E-state index contributed by atoms with van der Waals surface area (Å²) in [5.74, 6) is 3.04. The zero-order valence-corrected chi connectivity index (χ0v) is 14.6. The molecule has 2 rings (SSSR count). The van der Waals surface area contributed by atoms with E-state index in [1.165, 1.54) is 32.2 Å². The summed E-state index contributed by atoms with van der Waals surface area (Å²) in [6.45, 7) is 11.5. The van der Waals surface area contributed by atoms with Gasteiger partial charge in [-0.25, -0.2) is 0 Å². The van der Waals surface area contributed by atoms with E-state index in [1.54, 1.807) is 0 Å². The van der Waals surface area contributed by atoms with Crippen LogP contribution in [0.5, 0.6) is 0 Å². The summed E-state index contributed by atoms with van der Waals surface area (Å²) in [7, 11) is 0. The molecule has 0 aromatic heterocycles. The van der Waals surface area contributed by atoms with Gasteiger partial charge in [0.15, 0.2) is 0 Å². The largest absolute Gasteiger partial charge is 0.299 e. The lowest BCUT2D eigenvalue weighted by atomic mass is 9.75. The van der Waals surface area contributed by atoms with Crippen molar-refractivity contribution >= 4 is 5.78 Å². The van der Waals surface area contributed by atoms with Crippen molar-refractivity contribution in [1.29, 1.82) is 0 Å². The third kappa shape index (κ3) is 4.81. The highest BCUT2D eigenvalue weighted by Gasteiger charge is 2.33. The maximum absolute atomic E-state index is 12.4. The first-order valence-electron chi connectivity index (χ1n) is 9.24. The van der Waals surface area contributed by atoms with Crippen LogP contribution in [0.3, 0.4) is 0 Å². The number of ketones is 1. The molecule has 0 heterocycles. The van der Waals surface area contributed by atoms with Crippen molar-refractivity contribution in [1.82, 2.24) is 4.90 Å². The Morgan fingerprint density at radius 2 is 1.76 bits per heavy atom. The second kappa shape index (κ2) is 7.76. The van der Waals surface area contributed by atoms with E-state index in [-0.39, 0.29) is 0 Å². The Balaban J connectivity index is 1.98. The van der Waals surface area contributed by atoms with Crippen LogP contribution in [0.15, 0.2) is 0 Å². The molecule has 21 heavy (non-hydrogen) atoms. The molecule has 2 nitrogen and oxygen atoms in total. The molecule has 0 bridgehead atoms. The van der Waals surface area contributed by atoms with Crippen LogP contribution in [-0.2, 0) is 4.79 Å². The summed E-state index contributed by atoms with van der Waals surface area (Å²) in [5.41, 5.74) is 0. The van der Waals surface area contributed by atoms with Crippen LogP contribution in [0.1, 0.15) is 72.6 Å². The summed E-state index contributed by atoms with van der Waals surface area (Å²) >= 11 is 0. The Kier molecular flexibility index (Phi) is 6.28. The summed E-state index contributed by atoms with van der Waals surface area (Å²) in [4.78, 5) is 15.0. The highest BCUT2D eigenvalue weighted by molar-refractivity contribution is 5.82. The maximum atomic E-state index is 12.4. The lowest BCUT2D eigenvalue weighted by Crippen LogP contribution is -2.43. The smallest absolute Gasteiger partial charge is 0.137 e. The lowest BCUT2D eigenvalue weighted by molar-refractivity contribution is -0.127. The molecule has 0 aliphatic heterocycles. The van der Waals surface area contributed by atoms with Gasteiger partial charge in [-0.3, -0.25) is 9.69 Å². The van der Waals surface area contributed by atoms with Gasteiger partial charge in [0.25, 0.3) is 0 Å². The summed E-state index contributed by atoms with van der Waals surface area (Å²) in [6.07, 6.45) is 8.55. The minimum atomic E-state index is 0.311. The molecule has 122 valence electrons. The Labute approximate surface area is 131 Å². The highest BCUT2D eigenvalue weighted by Crippen LogP contribution is 2.33. The highest BCUT2D eigenvalue weighted by atomic mass is 16.1. The number of carbonyl (C=O) groups is 1. The predicted octanol–water partition coefficient (Wildman–Crippen LogP) is 4.53. The van der Waals surface area contributed by atoms with E-state index in [0.29, 0.717) is 17.6 Å². The van der Waals surface area contributed by atoms with E-state index >= 15 is 0 Å². The number of hydrogen-bond acceptors (Lipinski definition) is 2. The van der Waals surface area contributed by atoms with E-state index in [9.17, 15) is 4.79 Å². The van der Waals surface area contributed by atoms with Crippen LogP contribution in [0, 0.1) is 23.7 Å². The Morgan fingerprint density at radius 3 is 2.33 bits per heavy atom. The molecule has 2 fully saturated rings. The zero-order valence-electron chi connectivity index (χ0n) is 14.6. The summed E-state index contributed by atoms with van der Waals surface area (Å²) in [5, 5.41) is 0. The standard InChI is InChI=1S/C19H35NO/c1-14(2)12-20(18-7-5-6-8-18)13-17-11-16(15(3)4)9-10-19(17)21/h14-18H,5-13H2,1-4H3. The third-order valence-electron chi connectivity index (χ3n) is 5.64. The molecule has 0 saturated heterocycles. The van der Waals surface area contributed by atoms with Crippen LogP contribution in [0.25, 0.3) is 0 Å². The first-order chi connectivity index (χ1) is 9.97. The molecule has 0 aromatic carbocycles. The van der Waals surface area contributed by atoms with Crippen LogP contribution in [-0.4, -0.2) is 29.8 Å². The Bertz CT molecular complexity index is 330. The third-order valence-corrected chi connectivity index (χ3v) is 5.64. The molecule has 2 atom stereocenters. The molecule has 0 aromatic rings. The fraction of sp³-hybridized carbons (Fsp3) is 0.947. The van der Waals surface area contributed by atoms with Gasteiger partial charge in [-0.1, -0.05) is 40.5 Å². The van der Waals surface area contributed by atoms with E-state index < -0.39 is 0 Å². The molecule has 0 amide bonds. The van der Waals surface area contributed by atoms with Gasteiger partial charge in [0.2, 0.25) is 0 Å². The average molecular weight is 293 g/mol. The molecule has 0 N–H and O–H groups in total. The molecule has 0 radical (unpaired) electrons. The van der Waals surface area contributed by atoms with Crippen molar-refractivity contribution < 1.29 is 4.79 Å². The summed E-state index contributed by atoms with van der Waals surface area (Å²) in [6, 6.07) is 0.750. The molecule has 2 aliphatic rings. The van der Waals surface area contributed by atoms with Gasteiger partial charge < -0.3 is 0 Å². The van der Waals surface area contributed by atoms with Crippen LogP contribution < -0.4 is 0 Å². The van der Waals surface area contributed by atoms with Gasteiger partial charge in [0.05, 0.1) is 0 Å². The van der Waals surface area contributed by atoms with E-state index in [0.717, 1.165) is 43.7 Å². The average Bonchev–Trinajstić information content (AvgIpc) is 2.93. The van der Waals surface area contributed by atoms with Crippen LogP contribution in [0.4, 0.5) is 0 Å². The van der Waals surface area contributed by atoms with Crippen molar-refractivity contribution in [2.75, 3.05) is 13.1 Å². The van der Waals surface area contributed by atoms with Crippen molar-refractivity contribution in [2.45, 2.75) is 78.7 Å². The number of carbonyl (C=O) groups excluding carboxylic acids is 1. The normalized spacial score (nSPS) is 28.2. The molecular formula is C19H35NO. The molecule has 0 spiro atoms. The quantitative estimate of drug-likeness (QED) is 0.717. The minimum Gasteiger partial charge on any atom is -0.299 e. The van der Waals surface area contributed by atoms with Crippen molar-refractivity contribution in [2.24, 2.45) is 23.7 Å². The number of rotatable bonds is 6. The van der Waals surface area contributed by atoms with Crippen molar-refractivity contribution in [3.63, 3.8) is 0 Å². The number of Topliss-reactive ketones (excluding diaryl/α,β-unsaturated/α-hetero) is 1. The lowest BCUT2D eigenvalue weighted by Gasteiger charge is -2.37. The van der Waals surface area contributed by atoms with Gasteiger partial charge in [-0.05, 0) is 43.4 Å². The van der Waals surface area contributed by atoms with E-state index in [4.69, 9.17) is 0 Å². The van der Waals surface area contributed by atoms with Crippen molar-refractivity contribution in [3.8, 4) is 0 Å². The fourth-order valence-corrected chi connectivity index (χ4v) is 4.32. The molecule has 2 aliphatic carbocycles. The predicted molar refractivity (Wildman–Crippen MR) is 89.3 cm³/mol. The maximum Gasteiger partial charge on any atom is 0.137 e. The zero-order chi connectivity index (χ0) is 15.4. The molecule has 2 unspecified atom stereocenters. The SMILES string of the molecule is CC(C)CN(CC1CC(C(C)C)CCC1=O)C1CCCC1. The summed E-state index contributed by atoms with van der Waals surface area (Å²) < 4.78 is 0. The van der Waals surface area contributed by atoms with E-state index in [1.807, 2.05) is 0 Å². The molecule has 2 saturated carbocycles. The van der Waals surface area contributed by atoms with Gasteiger partial charge in [-0.2, -0.15) is 0 Å². The number of nitrogens with zero attached hydrogens (tertiary/aromatic N) is 1. The van der Waals surface area contributed by atoms with Gasteiger partial charge >= 0.3 is 0 Å². The van der Waals surface area contributed by atoms with Crippen LogP contribution >= 0.6 is 0 Å². The van der Waals surface area contributed by atoms with Gasteiger partial charge in [-0.15, -0.1) is 0 Å².